The molecule has 0 saturated heterocycles. The SMILES string of the molecule is Cc1ccc(S(=O)(=O)CCC(=O)NCC(C)c2ccccc2)cc1. The van der Waals surface area contributed by atoms with Crippen molar-refractivity contribution in [3.8, 4) is 0 Å². The Balaban J connectivity index is 1.83. The predicted octanol–water partition coefficient (Wildman–Crippen LogP) is 3.08. The van der Waals surface area contributed by atoms with Crippen LogP contribution in [-0.4, -0.2) is 26.6 Å². The number of hydrogen-bond donors (Lipinski definition) is 1. The Labute approximate surface area is 143 Å². The highest BCUT2D eigenvalue weighted by molar-refractivity contribution is 7.91. The molecule has 0 saturated carbocycles. The van der Waals surface area contributed by atoms with Crippen LogP contribution >= 0.6 is 0 Å². The summed E-state index contributed by atoms with van der Waals surface area (Å²) in [7, 11) is -3.42. The molecule has 0 aromatic heterocycles. The van der Waals surface area contributed by atoms with Gasteiger partial charge in [-0.25, -0.2) is 8.42 Å². The fourth-order valence-corrected chi connectivity index (χ4v) is 3.59. The third-order valence-electron chi connectivity index (χ3n) is 3.95. The van der Waals surface area contributed by atoms with Crippen molar-refractivity contribution in [3.05, 3.63) is 65.7 Å². The summed E-state index contributed by atoms with van der Waals surface area (Å²) in [4.78, 5) is 12.2. The lowest BCUT2D eigenvalue weighted by Gasteiger charge is -2.13. The molecule has 0 spiro atoms. The zero-order chi connectivity index (χ0) is 17.6. The maximum atomic E-state index is 12.2. The van der Waals surface area contributed by atoms with Crippen molar-refractivity contribution >= 4 is 15.7 Å². The molecule has 1 amide bonds. The van der Waals surface area contributed by atoms with Crippen LogP contribution in [0.5, 0.6) is 0 Å². The highest BCUT2D eigenvalue weighted by Gasteiger charge is 2.16. The topological polar surface area (TPSA) is 63.2 Å². The highest BCUT2D eigenvalue weighted by Crippen LogP contribution is 2.14. The summed E-state index contributed by atoms with van der Waals surface area (Å²) in [5, 5.41) is 2.81. The number of carbonyl (C=O) groups excluding carboxylic acids is 1. The Morgan fingerprint density at radius 3 is 2.29 bits per heavy atom. The first-order valence-corrected chi connectivity index (χ1v) is 9.65. The van der Waals surface area contributed by atoms with E-state index in [1.54, 1.807) is 24.3 Å². The maximum absolute atomic E-state index is 12.2. The number of rotatable bonds is 7. The minimum Gasteiger partial charge on any atom is -0.355 e. The smallest absolute Gasteiger partial charge is 0.221 e. The molecule has 1 atom stereocenters. The van der Waals surface area contributed by atoms with E-state index in [0.29, 0.717) is 6.54 Å². The van der Waals surface area contributed by atoms with Gasteiger partial charge in [0.05, 0.1) is 10.6 Å². The van der Waals surface area contributed by atoms with Crippen LogP contribution in [0.3, 0.4) is 0 Å². The molecule has 2 aromatic carbocycles. The van der Waals surface area contributed by atoms with Crippen LogP contribution in [0.4, 0.5) is 0 Å². The van der Waals surface area contributed by atoms with Crippen molar-refractivity contribution in [2.75, 3.05) is 12.3 Å². The number of sulfone groups is 1. The van der Waals surface area contributed by atoms with Crippen LogP contribution in [0.1, 0.15) is 30.4 Å². The normalized spacial score (nSPS) is 12.6. The van der Waals surface area contributed by atoms with Gasteiger partial charge < -0.3 is 5.32 Å². The molecule has 2 aromatic rings. The lowest BCUT2D eigenvalue weighted by molar-refractivity contribution is -0.120. The zero-order valence-corrected chi connectivity index (χ0v) is 14.8. The lowest BCUT2D eigenvalue weighted by Crippen LogP contribution is -2.29. The van der Waals surface area contributed by atoms with E-state index in [4.69, 9.17) is 0 Å². The van der Waals surface area contributed by atoms with Crippen molar-refractivity contribution in [3.63, 3.8) is 0 Å². The summed E-state index contributed by atoms with van der Waals surface area (Å²) in [5.74, 6) is -0.237. The second-order valence-electron chi connectivity index (χ2n) is 6.00. The Hall–Kier alpha value is -2.14. The average molecular weight is 345 g/mol. The lowest BCUT2D eigenvalue weighted by atomic mass is 10.0. The first-order chi connectivity index (χ1) is 11.4. The average Bonchev–Trinajstić information content (AvgIpc) is 2.59. The van der Waals surface area contributed by atoms with Gasteiger partial charge in [-0.1, -0.05) is 55.0 Å². The van der Waals surface area contributed by atoms with Crippen LogP contribution in [0, 0.1) is 6.92 Å². The summed E-state index contributed by atoms with van der Waals surface area (Å²) in [6, 6.07) is 16.6. The Morgan fingerprint density at radius 1 is 1.04 bits per heavy atom. The third-order valence-corrected chi connectivity index (χ3v) is 5.68. The number of nitrogens with one attached hydrogen (secondary N) is 1. The molecule has 0 aliphatic carbocycles. The summed E-state index contributed by atoms with van der Waals surface area (Å²) < 4.78 is 24.5. The van der Waals surface area contributed by atoms with Gasteiger partial charge in [-0.15, -0.1) is 0 Å². The van der Waals surface area contributed by atoms with Crippen molar-refractivity contribution in [2.45, 2.75) is 31.1 Å². The molecular formula is C19H23NO3S. The van der Waals surface area contributed by atoms with Crippen molar-refractivity contribution in [2.24, 2.45) is 0 Å². The van der Waals surface area contributed by atoms with Gasteiger partial charge in [-0.3, -0.25) is 4.79 Å². The first kappa shape index (κ1) is 18.2. The van der Waals surface area contributed by atoms with Crippen molar-refractivity contribution < 1.29 is 13.2 Å². The van der Waals surface area contributed by atoms with Gasteiger partial charge in [0.15, 0.2) is 9.84 Å². The van der Waals surface area contributed by atoms with Crippen molar-refractivity contribution in [1.29, 1.82) is 0 Å². The predicted molar refractivity (Wildman–Crippen MR) is 95.7 cm³/mol. The number of benzene rings is 2. The van der Waals surface area contributed by atoms with Gasteiger partial charge in [0.25, 0.3) is 0 Å². The van der Waals surface area contributed by atoms with Crippen LogP contribution in [0.2, 0.25) is 0 Å². The molecule has 24 heavy (non-hydrogen) atoms. The molecule has 128 valence electrons. The largest absolute Gasteiger partial charge is 0.355 e. The number of amides is 1. The quantitative estimate of drug-likeness (QED) is 0.839. The van der Waals surface area contributed by atoms with Gasteiger partial charge in [-0.05, 0) is 30.5 Å². The van der Waals surface area contributed by atoms with E-state index >= 15 is 0 Å². The molecule has 0 heterocycles. The fraction of sp³-hybridized carbons (Fsp3) is 0.316. The van der Waals surface area contributed by atoms with Crippen LogP contribution < -0.4 is 5.32 Å². The van der Waals surface area contributed by atoms with E-state index in [1.165, 1.54) is 0 Å². The van der Waals surface area contributed by atoms with E-state index in [-0.39, 0.29) is 28.9 Å². The molecule has 0 aliphatic rings. The van der Waals surface area contributed by atoms with E-state index < -0.39 is 9.84 Å². The highest BCUT2D eigenvalue weighted by atomic mass is 32.2. The molecule has 0 bridgehead atoms. The minimum absolute atomic E-state index is 0.0300. The monoisotopic (exact) mass is 345 g/mol. The number of aryl methyl sites for hydroxylation is 1. The molecule has 0 aliphatic heterocycles. The second-order valence-corrected chi connectivity index (χ2v) is 8.11. The maximum Gasteiger partial charge on any atom is 0.221 e. The van der Waals surface area contributed by atoms with Crippen LogP contribution in [-0.2, 0) is 14.6 Å². The first-order valence-electron chi connectivity index (χ1n) is 7.99. The van der Waals surface area contributed by atoms with Gasteiger partial charge >= 0.3 is 0 Å². The summed E-state index contributed by atoms with van der Waals surface area (Å²) in [6.07, 6.45) is -0.0300. The molecule has 5 heteroatoms. The van der Waals surface area contributed by atoms with Gasteiger partial charge in [-0.2, -0.15) is 0 Å². The summed E-state index contributed by atoms with van der Waals surface area (Å²) >= 11 is 0. The van der Waals surface area contributed by atoms with Crippen molar-refractivity contribution in [1.82, 2.24) is 5.32 Å². The Kier molecular flexibility index (Phi) is 6.15. The van der Waals surface area contributed by atoms with E-state index in [0.717, 1.165) is 11.1 Å². The molecular weight excluding hydrogens is 322 g/mol. The van der Waals surface area contributed by atoms with Crippen LogP contribution in [0.25, 0.3) is 0 Å². The Morgan fingerprint density at radius 2 is 1.67 bits per heavy atom. The zero-order valence-electron chi connectivity index (χ0n) is 14.0. The summed E-state index contributed by atoms with van der Waals surface area (Å²) in [5.41, 5.74) is 2.15. The standard InChI is InChI=1S/C19H23NO3S/c1-15-8-10-18(11-9-15)24(22,23)13-12-19(21)20-14-16(2)17-6-4-3-5-7-17/h3-11,16H,12-14H2,1-2H3,(H,20,21). The molecule has 1 N–H and O–H groups in total. The Bertz CT molecular complexity index is 768. The number of hydrogen-bond acceptors (Lipinski definition) is 3. The van der Waals surface area contributed by atoms with E-state index in [2.05, 4.69) is 5.32 Å². The van der Waals surface area contributed by atoms with Gasteiger partial charge in [0.1, 0.15) is 0 Å². The minimum atomic E-state index is -3.42. The molecule has 4 nitrogen and oxygen atoms in total. The third kappa shape index (κ3) is 5.20. The molecule has 0 fully saturated rings. The second kappa shape index (κ2) is 8.11. The molecule has 2 rings (SSSR count). The number of carbonyl (C=O) groups is 1. The van der Waals surface area contributed by atoms with E-state index in [1.807, 2.05) is 44.2 Å². The molecule has 1 unspecified atom stereocenters. The summed E-state index contributed by atoms with van der Waals surface area (Å²) in [6.45, 7) is 4.42. The van der Waals surface area contributed by atoms with Gasteiger partial charge in [0.2, 0.25) is 5.91 Å². The fourth-order valence-electron chi connectivity index (χ4n) is 2.35. The molecule has 0 radical (unpaired) electrons. The van der Waals surface area contributed by atoms with Crippen LogP contribution in [0.15, 0.2) is 59.5 Å². The van der Waals surface area contributed by atoms with Gasteiger partial charge in [0, 0.05) is 13.0 Å². The van der Waals surface area contributed by atoms with E-state index in [9.17, 15) is 13.2 Å².